The Morgan fingerprint density at radius 2 is 1.83 bits per heavy atom. The van der Waals surface area contributed by atoms with E-state index in [2.05, 4.69) is 4.98 Å². The van der Waals surface area contributed by atoms with Gasteiger partial charge < -0.3 is 19.7 Å². The van der Waals surface area contributed by atoms with Crippen LogP contribution in [0, 0.1) is 24.2 Å². The van der Waals surface area contributed by atoms with E-state index in [0.717, 1.165) is 18.4 Å². The summed E-state index contributed by atoms with van der Waals surface area (Å²) in [5.74, 6) is -1.80. The van der Waals surface area contributed by atoms with Gasteiger partial charge in [0, 0.05) is 17.7 Å². The third-order valence-electron chi connectivity index (χ3n) is 9.51. The molecule has 4 rings (SSSR count). The fraction of sp³-hybridized carbons (Fsp3) is 0.618. The molecule has 2 aliphatic heterocycles. The summed E-state index contributed by atoms with van der Waals surface area (Å²) in [6, 6.07) is 6.40. The van der Waals surface area contributed by atoms with Gasteiger partial charge in [0.05, 0.1) is 46.3 Å². The van der Waals surface area contributed by atoms with Crippen molar-refractivity contribution < 1.29 is 41.9 Å². The standard InChI is InChI=1S/C34H47NO9S2/c1-20-10-12-25(13-11-20)46(40,41)42-18-29-35-24(19-45-29)15-22(3)26-16-28-34(7,44-28)14-8-9-21(2)31(38)23(4)32(39)33(5,6)27(36)17-30(37)43-26/h10-13,15,19,21,23,26-28,31,36,38H,8-9,14,16-18H2,1-7H3/t21-,23+,26-,27-,28+,31-,34+/m1/s1. The van der Waals surface area contributed by atoms with Crippen LogP contribution in [0.25, 0.3) is 6.08 Å². The Balaban J connectivity index is 1.50. The van der Waals surface area contributed by atoms with Gasteiger partial charge in [-0.3, -0.25) is 13.8 Å². The largest absolute Gasteiger partial charge is 0.458 e. The number of epoxide rings is 1. The van der Waals surface area contributed by atoms with Gasteiger partial charge in [0.25, 0.3) is 10.1 Å². The first-order chi connectivity index (χ1) is 21.4. The molecule has 0 aliphatic carbocycles. The molecule has 2 fully saturated rings. The number of aliphatic hydroxyl groups excluding tert-OH is 2. The molecule has 254 valence electrons. The molecule has 12 heteroatoms. The van der Waals surface area contributed by atoms with Crippen molar-refractivity contribution >= 4 is 39.3 Å². The zero-order valence-electron chi connectivity index (χ0n) is 27.7. The Morgan fingerprint density at radius 3 is 2.50 bits per heavy atom. The van der Waals surface area contributed by atoms with Crippen LogP contribution < -0.4 is 0 Å². The van der Waals surface area contributed by atoms with Crippen molar-refractivity contribution in [3.63, 3.8) is 0 Å². The summed E-state index contributed by atoms with van der Waals surface area (Å²) in [4.78, 5) is 31.1. The first-order valence-corrected chi connectivity index (χ1v) is 18.1. The molecule has 2 N–H and O–H groups in total. The van der Waals surface area contributed by atoms with Gasteiger partial charge in [-0.25, -0.2) is 4.98 Å². The molecule has 0 radical (unpaired) electrons. The van der Waals surface area contributed by atoms with Crippen molar-refractivity contribution in [3.05, 3.63) is 51.5 Å². The molecule has 0 bridgehead atoms. The average molecular weight is 678 g/mol. The molecule has 2 saturated heterocycles. The van der Waals surface area contributed by atoms with Crippen LogP contribution in [0.15, 0.2) is 40.1 Å². The summed E-state index contributed by atoms with van der Waals surface area (Å²) in [5, 5.41) is 24.1. The number of carbonyl (C=O) groups excluding carboxylic acids is 2. The highest BCUT2D eigenvalue weighted by Gasteiger charge is 2.53. The van der Waals surface area contributed by atoms with Crippen molar-refractivity contribution in [1.29, 1.82) is 0 Å². The molecule has 1 aromatic heterocycles. The van der Waals surface area contributed by atoms with E-state index in [-0.39, 0.29) is 29.3 Å². The number of aryl methyl sites for hydroxylation is 1. The predicted molar refractivity (Wildman–Crippen MR) is 174 cm³/mol. The maximum atomic E-state index is 13.4. The molecule has 46 heavy (non-hydrogen) atoms. The lowest BCUT2D eigenvalue weighted by Gasteiger charge is -2.34. The highest BCUT2D eigenvalue weighted by atomic mass is 32.2. The van der Waals surface area contributed by atoms with Gasteiger partial charge in [-0.05, 0) is 63.3 Å². The van der Waals surface area contributed by atoms with Gasteiger partial charge >= 0.3 is 5.97 Å². The second-order valence-electron chi connectivity index (χ2n) is 13.7. The third-order valence-corrected chi connectivity index (χ3v) is 11.6. The number of Topliss-reactive ketones (excluding diaryl/α,β-unsaturated/α-hetero) is 1. The number of ether oxygens (including phenoxy) is 2. The molecule has 1 aromatic carbocycles. The van der Waals surface area contributed by atoms with Gasteiger partial charge in [0.15, 0.2) is 0 Å². The van der Waals surface area contributed by atoms with Crippen LogP contribution in [0.5, 0.6) is 0 Å². The van der Waals surface area contributed by atoms with Crippen LogP contribution >= 0.6 is 11.3 Å². The number of benzene rings is 1. The number of hydrogen-bond donors (Lipinski definition) is 2. The van der Waals surface area contributed by atoms with E-state index < -0.39 is 57.8 Å². The summed E-state index contributed by atoms with van der Waals surface area (Å²) in [5.41, 5.74) is 0.523. The van der Waals surface area contributed by atoms with E-state index in [9.17, 15) is 28.2 Å². The number of aromatic nitrogens is 1. The van der Waals surface area contributed by atoms with E-state index in [4.69, 9.17) is 13.7 Å². The maximum Gasteiger partial charge on any atom is 0.309 e. The molecule has 0 spiro atoms. The Kier molecular flexibility index (Phi) is 11.3. The number of rotatable bonds is 6. The molecule has 10 nitrogen and oxygen atoms in total. The fourth-order valence-corrected chi connectivity index (χ4v) is 7.59. The van der Waals surface area contributed by atoms with Crippen LogP contribution in [-0.2, 0) is 40.0 Å². The number of fused-ring (bicyclic) bond motifs is 1. The number of esters is 1. The van der Waals surface area contributed by atoms with Crippen LogP contribution in [0.2, 0.25) is 0 Å². The van der Waals surface area contributed by atoms with E-state index in [1.807, 2.05) is 27.7 Å². The summed E-state index contributed by atoms with van der Waals surface area (Å²) in [6.07, 6.45) is 1.03. The van der Waals surface area contributed by atoms with Gasteiger partial charge in [-0.1, -0.05) is 51.8 Å². The maximum absolute atomic E-state index is 13.4. The number of carbonyl (C=O) groups is 2. The quantitative estimate of drug-likeness (QED) is 0.231. The van der Waals surface area contributed by atoms with Crippen molar-refractivity contribution in [1.82, 2.24) is 4.98 Å². The van der Waals surface area contributed by atoms with Gasteiger partial charge in [0.1, 0.15) is 23.5 Å². The summed E-state index contributed by atoms with van der Waals surface area (Å²) < 4.78 is 42.4. The highest BCUT2D eigenvalue weighted by molar-refractivity contribution is 7.86. The molecular weight excluding hydrogens is 631 g/mol. The molecule has 0 amide bonds. The second kappa shape index (κ2) is 14.3. The average Bonchev–Trinajstić information content (AvgIpc) is 3.40. The third kappa shape index (κ3) is 8.70. The zero-order chi connectivity index (χ0) is 34.0. The van der Waals surface area contributed by atoms with Gasteiger partial charge in [-0.15, -0.1) is 11.3 Å². The Bertz CT molecular complexity index is 1530. The monoisotopic (exact) mass is 677 g/mol. The van der Waals surface area contributed by atoms with E-state index in [1.165, 1.54) is 23.5 Å². The SMILES string of the molecule is CC(=Cc1csc(COS(=O)(=O)c2ccc(C)cc2)n1)[C@H]1C[C@@H]2O[C@@]2(C)CCC[C@@H](C)[C@@H](O)[C@H](C)C(=O)C(C)(C)[C@H](O)CC(=O)O1. The van der Waals surface area contributed by atoms with Crippen LogP contribution in [0.1, 0.15) is 89.9 Å². The fourth-order valence-electron chi connectivity index (χ4n) is 5.98. The zero-order valence-corrected chi connectivity index (χ0v) is 29.3. The van der Waals surface area contributed by atoms with Crippen LogP contribution in [0.3, 0.4) is 0 Å². The van der Waals surface area contributed by atoms with Crippen molar-refractivity contribution in [2.24, 2.45) is 17.3 Å². The summed E-state index contributed by atoms with van der Waals surface area (Å²) in [6.45, 7) is 12.3. The highest BCUT2D eigenvalue weighted by Crippen LogP contribution is 2.45. The van der Waals surface area contributed by atoms with E-state index >= 15 is 0 Å². The number of hydrogen-bond acceptors (Lipinski definition) is 11. The predicted octanol–water partition coefficient (Wildman–Crippen LogP) is 5.38. The topological polar surface area (TPSA) is 153 Å². The van der Waals surface area contributed by atoms with Crippen molar-refractivity contribution in [2.75, 3.05) is 0 Å². The number of nitrogens with zero attached hydrogens (tertiary/aromatic N) is 1. The Morgan fingerprint density at radius 1 is 1.15 bits per heavy atom. The second-order valence-corrected chi connectivity index (χ2v) is 16.2. The molecule has 0 saturated carbocycles. The first-order valence-electron chi connectivity index (χ1n) is 15.8. The van der Waals surface area contributed by atoms with Gasteiger partial charge in [-0.2, -0.15) is 8.42 Å². The number of cyclic esters (lactones) is 1. The normalized spacial score (nSPS) is 31.6. The van der Waals surface area contributed by atoms with Crippen LogP contribution in [0.4, 0.5) is 0 Å². The number of aliphatic hydroxyl groups is 2. The minimum atomic E-state index is -3.95. The molecule has 0 unspecified atom stereocenters. The lowest BCUT2D eigenvalue weighted by molar-refractivity contribution is -0.154. The lowest BCUT2D eigenvalue weighted by Crippen LogP contribution is -2.45. The minimum Gasteiger partial charge on any atom is -0.458 e. The molecule has 2 aliphatic rings. The van der Waals surface area contributed by atoms with E-state index in [0.29, 0.717) is 29.1 Å². The van der Waals surface area contributed by atoms with E-state index in [1.54, 1.807) is 44.4 Å². The van der Waals surface area contributed by atoms with Crippen molar-refractivity contribution in [3.8, 4) is 0 Å². The number of thiazole rings is 1. The summed E-state index contributed by atoms with van der Waals surface area (Å²) in [7, 11) is -3.95. The lowest BCUT2D eigenvalue weighted by atomic mass is 9.73. The first kappa shape index (κ1) is 36.4. The molecular formula is C34H47NO9S2. The molecule has 7 atom stereocenters. The number of ketones is 1. The Hall–Kier alpha value is -2.48. The van der Waals surface area contributed by atoms with Gasteiger partial charge in [0.2, 0.25) is 0 Å². The van der Waals surface area contributed by atoms with Crippen molar-refractivity contribution in [2.45, 2.75) is 122 Å². The molecule has 3 heterocycles. The smallest absolute Gasteiger partial charge is 0.309 e. The summed E-state index contributed by atoms with van der Waals surface area (Å²) >= 11 is 1.25. The minimum absolute atomic E-state index is 0.0706. The molecule has 2 aromatic rings. The van der Waals surface area contributed by atoms with Crippen LogP contribution in [-0.4, -0.2) is 65.4 Å². The Labute approximate surface area is 276 Å².